The van der Waals surface area contributed by atoms with Crippen LogP contribution in [0.3, 0.4) is 0 Å². The third-order valence-electron chi connectivity index (χ3n) is 6.58. The van der Waals surface area contributed by atoms with E-state index in [4.69, 9.17) is 10.8 Å². The Morgan fingerprint density at radius 2 is 2.03 bits per heavy atom. The third-order valence-corrected chi connectivity index (χ3v) is 6.58. The molecule has 1 saturated carbocycles. The number of amides is 1. The maximum atomic E-state index is 15.3. The van der Waals surface area contributed by atoms with E-state index in [1.165, 1.54) is 24.7 Å². The molecule has 0 radical (unpaired) electrons. The number of pyridine rings is 1. The second-order valence-corrected chi connectivity index (χ2v) is 8.68. The summed E-state index contributed by atoms with van der Waals surface area (Å²) >= 11 is 0. The molecule has 1 aliphatic carbocycles. The predicted molar refractivity (Wildman–Crippen MR) is 121 cm³/mol. The molecule has 9 nitrogen and oxygen atoms in total. The number of nitrogens with one attached hydrogen (secondary N) is 2. The van der Waals surface area contributed by atoms with Gasteiger partial charge in [0, 0.05) is 29.4 Å². The fraction of sp³-hybridized carbons (Fsp3) is 0.261. The van der Waals surface area contributed by atoms with E-state index in [-0.39, 0.29) is 34.8 Å². The van der Waals surface area contributed by atoms with Crippen LogP contribution in [0.2, 0.25) is 0 Å². The fourth-order valence-electron chi connectivity index (χ4n) is 5.02. The van der Waals surface area contributed by atoms with Crippen LogP contribution in [0.15, 0.2) is 42.9 Å². The lowest BCUT2D eigenvalue weighted by molar-refractivity contribution is 0.102. The molecule has 0 spiro atoms. The maximum Gasteiger partial charge on any atom is 0.256 e. The van der Waals surface area contributed by atoms with Crippen molar-refractivity contribution in [2.45, 2.75) is 24.9 Å². The van der Waals surface area contributed by atoms with Crippen molar-refractivity contribution in [3.05, 3.63) is 60.1 Å². The topological polar surface area (TPSA) is 124 Å². The van der Waals surface area contributed by atoms with Crippen molar-refractivity contribution >= 4 is 28.6 Å². The molecule has 1 saturated heterocycles. The average molecular weight is 462 g/mol. The predicted octanol–water partition coefficient (Wildman–Crippen LogP) is 2.92. The second-order valence-electron chi connectivity index (χ2n) is 8.68. The van der Waals surface area contributed by atoms with E-state index in [0.717, 1.165) is 37.6 Å². The largest absolute Gasteiger partial charge is 0.383 e. The Labute approximate surface area is 192 Å². The molecule has 34 heavy (non-hydrogen) atoms. The van der Waals surface area contributed by atoms with E-state index in [1.54, 1.807) is 0 Å². The van der Waals surface area contributed by atoms with E-state index in [2.05, 4.69) is 25.6 Å². The number of fused-ring (bicyclic) bond motifs is 3. The zero-order valence-electron chi connectivity index (χ0n) is 17.9. The van der Waals surface area contributed by atoms with Crippen LogP contribution in [-0.2, 0) is 0 Å². The summed E-state index contributed by atoms with van der Waals surface area (Å²) in [5.41, 5.74) is 7.28. The number of aromatic nitrogens is 5. The van der Waals surface area contributed by atoms with Crippen molar-refractivity contribution in [3.63, 3.8) is 0 Å². The summed E-state index contributed by atoms with van der Waals surface area (Å²) in [7, 11) is 0. The molecule has 3 aromatic heterocycles. The number of nitrogens with two attached hydrogens (primary N) is 1. The highest BCUT2D eigenvalue weighted by molar-refractivity contribution is 6.04. The fourth-order valence-corrected chi connectivity index (χ4v) is 5.02. The first kappa shape index (κ1) is 20.6. The van der Waals surface area contributed by atoms with Crippen molar-refractivity contribution in [2.75, 3.05) is 17.6 Å². The number of nitrogens with zero attached hydrogens (tertiary/aromatic N) is 5. The minimum atomic E-state index is -0.652. The molecule has 2 aliphatic rings. The van der Waals surface area contributed by atoms with Gasteiger partial charge in [0.25, 0.3) is 5.91 Å². The number of anilines is 2. The third kappa shape index (κ3) is 3.36. The quantitative estimate of drug-likeness (QED) is 0.426. The van der Waals surface area contributed by atoms with Gasteiger partial charge in [0.1, 0.15) is 35.3 Å². The Balaban J connectivity index is 1.37. The lowest BCUT2D eigenvalue weighted by Crippen LogP contribution is -2.35. The molecule has 3 atom stereocenters. The normalized spacial score (nSPS) is 21.3. The highest BCUT2D eigenvalue weighted by Gasteiger charge is 2.42. The smallest absolute Gasteiger partial charge is 0.256 e. The van der Waals surface area contributed by atoms with Gasteiger partial charge in [-0.15, -0.1) is 0 Å². The number of carbonyl (C=O) groups is 1. The van der Waals surface area contributed by atoms with Crippen LogP contribution >= 0.6 is 0 Å². The maximum absolute atomic E-state index is 15.3. The molecule has 4 aromatic rings. The molecule has 1 amide bonds. The van der Waals surface area contributed by atoms with Crippen LogP contribution in [0.25, 0.3) is 22.3 Å². The van der Waals surface area contributed by atoms with Crippen LogP contribution in [-0.4, -0.2) is 43.2 Å². The summed E-state index contributed by atoms with van der Waals surface area (Å²) in [4.78, 5) is 24.9. The molecule has 2 fully saturated rings. The van der Waals surface area contributed by atoms with Gasteiger partial charge in [-0.1, -0.05) is 0 Å². The van der Waals surface area contributed by atoms with Gasteiger partial charge in [0.2, 0.25) is 0 Å². The highest BCUT2D eigenvalue weighted by atomic mass is 19.1. The number of rotatable bonds is 4. The van der Waals surface area contributed by atoms with E-state index in [1.807, 2.05) is 4.68 Å². The first-order valence-corrected chi connectivity index (χ1v) is 10.9. The minimum absolute atomic E-state index is 0.0311. The summed E-state index contributed by atoms with van der Waals surface area (Å²) in [6.45, 7) is 0.994. The summed E-state index contributed by atoms with van der Waals surface area (Å²) in [5.74, 6) is -0.987. The lowest BCUT2D eigenvalue weighted by atomic mass is 10.1. The molecular weight excluding hydrogens is 442 g/mol. The molecule has 6 rings (SSSR count). The summed E-state index contributed by atoms with van der Waals surface area (Å²) in [6.07, 6.45) is 4.65. The molecule has 4 N–H and O–H groups in total. The van der Waals surface area contributed by atoms with E-state index in [9.17, 15) is 9.18 Å². The van der Waals surface area contributed by atoms with E-state index < -0.39 is 17.5 Å². The highest BCUT2D eigenvalue weighted by Crippen LogP contribution is 2.42. The molecule has 2 bridgehead atoms. The Morgan fingerprint density at radius 1 is 1.15 bits per heavy atom. The Morgan fingerprint density at radius 3 is 2.76 bits per heavy atom. The molecule has 11 heteroatoms. The van der Waals surface area contributed by atoms with Crippen molar-refractivity contribution < 1.29 is 13.6 Å². The summed E-state index contributed by atoms with van der Waals surface area (Å²) in [5, 5.41) is 11.2. The monoisotopic (exact) mass is 462 g/mol. The molecule has 4 heterocycles. The lowest BCUT2D eigenvalue weighted by Gasteiger charge is -2.23. The van der Waals surface area contributed by atoms with Crippen molar-refractivity contribution in [3.8, 4) is 11.3 Å². The standard InChI is InChI=1S/C23H20F2N8O/c24-13-3-4-27-18(8-13)31-23(34)12-1-2-14(15(25)7-12)20-19-21(26)29-10-30-22(19)33(32-20)17-6-11-5-16(17)28-9-11/h1-4,7-8,10-11,16-17,28H,5-6,9H2,(H2,26,29,30)(H,27,31,34)/t11-,16?,17?/m1/s1. The van der Waals surface area contributed by atoms with Gasteiger partial charge in [-0.25, -0.2) is 28.4 Å². The molecule has 1 aromatic carbocycles. The number of nitrogen functional groups attached to an aromatic ring is 1. The molecular formula is C23H20F2N8O. The number of hydrogen-bond acceptors (Lipinski definition) is 7. The molecule has 1 aliphatic heterocycles. The first-order chi connectivity index (χ1) is 16.5. The Hall–Kier alpha value is -3.99. The number of halogens is 2. The Kier molecular flexibility index (Phi) is 4.73. The second kappa shape index (κ2) is 7.80. The van der Waals surface area contributed by atoms with E-state index in [0.29, 0.717) is 22.6 Å². The van der Waals surface area contributed by atoms with Gasteiger partial charge in [0.05, 0.1) is 11.4 Å². The van der Waals surface area contributed by atoms with Crippen LogP contribution in [0.1, 0.15) is 29.2 Å². The molecule has 172 valence electrons. The number of piperidine rings is 1. The number of hydrogen-bond donors (Lipinski definition) is 3. The first-order valence-electron chi connectivity index (χ1n) is 10.9. The zero-order valence-corrected chi connectivity index (χ0v) is 17.9. The van der Waals surface area contributed by atoms with Crippen molar-refractivity contribution in [1.82, 2.24) is 30.0 Å². The SMILES string of the molecule is Nc1ncnc2c1c(-c1ccc(C(=O)Nc3cc(F)ccn3)cc1F)nn2C1C[C@@H]2CNC1C2. The van der Waals surface area contributed by atoms with Crippen LogP contribution < -0.4 is 16.4 Å². The van der Waals surface area contributed by atoms with E-state index >= 15 is 4.39 Å². The Bertz CT molecular complexity index is 1440. The molecule has 2 unspecified atom stereocenters. The number of benzene rings is 1. The number of carbonyl (C=O) groups excluding carboxylic acids is 1. The van der Waals surface area contributed by atoms with Gasteiger partial charge in [-0.2, -0.15) is 5.10 Å². The van der Waals surface area contributed by atoms with Gasteiger partial charge in [-0.05, 0) is 49.6 Å². The van der Waals surface area contributed by atoms with Gasteiger partial charge >= 0.3 is 0 Å². The van der Waals surface area contributed by atoms with Gasteiger partial charge in [-0.3, -0.25) is 4.79 Å². The summed E-state index contributed by atoms with van der Waals surface area (Å²) < 4.78 is 30.5. The average Bonchev–Trinajstić information content (AvgIpc) is 3.54. The van der Waals surface area contributed by atoms with Gasteiger partial charge < -0.3 is 16.4 Å². The van der Waals surface area contributed by atoms with Crippen molar-refractivity contribution in [1.29, 1.82) is 0 Å². The van der Waals surface area contributed by atoms with Crippen LogP contribution in [0, 0.1) is 17.6 Å². The van der Waals surface area contributed by atoms with Crippen LogP contribution in [0.5, 0.6) is 0 Å². The summed E-state index contributed by atoms with van der Waals surface area (Å²) in [6, 6.07) is 6.66. The van der Waals surface area contributed by atoms with Crippen LogP contribution in [0.4, 0.5) is 20.4 Å². The van der Waals surface area contributed by atoms with Gasteiger partial charge in [0.15, 0.2) is 5.65 Å². The van der Waals surface area contributed by atoms with Crippen molar-refractivity contribution in [2.24, 2.45) is 5.92 Å². The minimum Gasteiger partial charge on any atom is -0.383 e. The zero-order chi connectivity index (χ0) is 23.4.